The minimum atomic E-state index is -3.44. The predicted octanol–water partition coefficient (Wildman–Crippen LogP) is 2.50. The van der Waals surface area contributed by atoms with Gasteiger partial charge in [-0.3, -0.25) is 4.79 Å². The van der Waals surface area contributed by atoms with Gasteiger partial charge < -0.3 is 4.74 Å². The van der Waals surface area contributed by atoms with E-state index in [0.29, 0.717) is 5.56 Å². The van der Waals surface area contributed by atoms with Crippen LogP contribution in [0.15, 0.2) is 29.2 Å². The average molecular weight is 284 g/mol. The number of benzene rings is 1. The van der Waals surface area contributed by atoms with Crippen molar-refractivity contribution in [2.75, 3.05) is 5.75 Å². The monoisotopic (exact) mass is 284 g/mol. The maximum Gasteiger partial charge on any atom is 0.307 e. The number of hydrogen-bond donors (Lipinski definition) is 0. The van der Waals surface area contributed by atoms with E-state index in [-0.39, 0.29) is 17.1 Å². The molecule has 19 heavy (non-hydrogen) atoms. The van der Waals surface area contributed by atoms with Crippen molar-refractivity contribution in [1.29, 1.82) is 0 Å². The maximum atomic E-state index is 12.1. The summed E-state index contributed by atoms with van der Waals surface area (Å²) in [5, 5.41) is 0. The smallest absolute Gasteiger partial charge is 0.307 e. The van der Waals surface area contributed by atoms with Crippen LogP contribution < -0.4 is 0 Å². The molecule has 0 aliphatic rings. The molecule has 0 heterocycles. The van der Waals surface area contributed by atoms with Crippen molar-refractivity contribution in [2.24, 2.45) is 0 Å². The first-order valence-corrected chi connectivity index (χ1v) is 7.77. The highest BCUT2D eigenvalue weighted by Crippen LogP contribution is 2.17. The summed E-state index contributed by atoms with van der Waals surface area (Å²) in [4.78, 5) is 11.8. The van der Waals surface area contributed by atoms with Crippen LogP contribution in [0.3, 0.4) is 0 Å². The molecular weight excluding hydrogens is 264 g/mol. The summed E-state index contributed by atoms with van der Waals surface area (Å²) in [5.74, 6) is -0.725. The van der Waals surface area contributed by atoms with E-state index >= 15 is 0 Å². The predicted molar refractivity (Wildman–Crippen MR) is 73.7 cm³/mol. The zero-order chi connectivity index (χ0) is 14.7. The Morgan fingerprint density at radius 2 is 1.79 bits per heavy atom. The Kier molecular flexibility index (Phi) is 4.74. The number of sulfone groups is 1. The molecule has 0 aromatic heterocycles. The second-order valence-corrected chi connectivity index (χ2v) is 7.50. The Morgan fingerprint density at radius 3 is 2.32 bits per heavy atom. The summed E-state index contributed by atoms with van der Waals surface area (Å²) in [5.41, 5.74) is 0.0930. The minimum Gasteiger partial charge on any atom is -0.460 e. The molecule has 1 aromatic rings. The highest BCUT2D eigenvalue weighted by atomic mass is 32.2. The van der Waals surface area contributed by atoms with Crippen molar-refractivity contribution < 1.29 is 17.9 Å². The van der Waals surface area contributed by atoms with E-state index < -0.39 is 21.4 Å². The van der Waals surface area contributed by atoms with E-state index in [4.69, 9.17) is 4.74 Å². The fraction of sp³-hybridized carbons (Fsp3) is 0.500. The summed E-state index contributed by atoms with van der Waals surface area (Å²) in [6, 6.07) is 6.75. The van der Waals surface area contributed by atoms with Gasteiger partial charge in [0.15, 0.2) is 9.84 Å². The van der Waals surface area contributed by atoms with Gasteiger partial charge in [0, 0.05) is 0 Å². The first-order valence-electron chi connectivity index (χ1n) is 6.12. The molecule has 0 spiro atoms. The molecule has 1 rings (SSSR count). The molecule has 0 atom stereocenters. The van der Waals surface area contributed by atoms with Crippen molar-refractivity contribution in [3.8, 4) is 0 Å². The lowest BCUT2D eigenvalue weighted by Gasteiger charge is -2.19. The fourth-order valence-electron chi connectivity index (χ4n) is 1.63. The number of hydrogen-bond acceptors (Lipinski definition) is 4. The Hall–Kier alpha value is -1.36. The quantitative estimate of drug-likeness (QED) is 0.797. The first-order chi connectivity index (χ1) is 8.62. The van der Waals surface area contributed by atoms with Gasteiger partial charge in [-0.1, -0.05) is 18.2 Å². The topological polar surface area (TPSA) is 60.4 Å². The van der Waals surface area contributed by atoms with E-state index in [9.17, 15) is 13.2 Å². The van der Waals surface area contributed by atoms with Crippen molar-refractivity contribution in [2.45, 2.75) is 44.6 Å². The third-order valence-corrected chi connectivity index (χ3v) is 4.29. The highest BCUT2D eigenvalue weighted by molar-refractivity contribution is 7.91. The number of aryl methyl sites for hydroxylation is 1. The van der Waals surface area contributed by atoms with Gasteiger partial charge in [0.05, 0.1) is 17.1 Å². The Bertz CT molecular complexity index is 553. The van der Waals surface area contributed by atoms with Gasteiger partial charge >= 0.3 is 5.97 Å². The van der Waals surface area contributed by atoms with Gasteiger partial charge in [-0.15, -0.1) is 0 Å². The molecule has 0 saturated carbocycles. The molecule has 0 amide bonds. The van der Waals surface area contributed by atoms with E-state index in [1.165, 1.54) is 0 Å². The van der Waals surface area contributed by atoms with Crippen LogP contribution >= 0.6 is 0 Å². The minimum absolute atomic E-state index is 0.131. The summed E-state index contributed by atoms with van der Waals surface area (Å²) < 4.78 is 29.3. The molecule has 1 aromatic carbocycles. The number of carbonyl (C=O) groups excluding carboxylic acids is 1. The van der Waals surface area contributed by atoms with Crippen LogP contribution in [0.1, 0.15) is 32.8 Å². The Balaban J connectivity index is 2.72. The number of rotatable bonds is 4. The second kappa shape index (κ2) is 5.74. The summed E-state index contributed by atoms with van der Waals surface area (Å²) in [6.45, 7) is 6.99. The fourth-order valence-corrected chi connectivity index (χ4v) is 3.13. The van der Waals surface area contributed by atoms with Crippen LogP contribution in [0.4, 0.5) is 0 Å². The molecule has 0 N–H and O–H groups in total. The normalized spacial score (nSPS) is 12.2. The molecule has 0 fully saturated rings. The SMILES string of the molecule is Cc1ccccc1S(=O)(=O)CCC(=O)OC(C)(C)C. The molecule has 0 aliphatic heterocycles. The molecule has 106 valence electrons. The second-order valence-electron chi connectivity index (χ2n) is 5.42. The maximum absolute atomic E-state index is 12.1. The van der Waals surface area contributed by atoms with Gasteiger partial charge in [-0.25, -0.2) is 8.42 Å². The van der Waals surface area contributed by atoms with Crippen molar-refractivity contribution in [1.82, 2.24) is 0 Å². The van der Waals surface area contributed by atoms with Gasteiger partial charge in [0.2, 0.25) is 0 Å². The van der Waals surface area contributed by atoms with E-state index in [1.807, 2.05) is 0 Å². The third kappa shape index (κ3) is 5.03. The standard InChI is InChI=1S/C14H20O4S/c1-11-7-5-6-8-12(11)19(16,17)10-9-13(15)18-14(2,3)4/h5-8H,9-10H2,1-4H3. The lowest BCUT2D eigenvalue weighted by atomic mass is 10.2. The van der Waals surface area contributed by atoms with Crippen LogP contribution in [-0.4, -0.2) is 25.7 Å². The molecule has 0 radical (unpaired) electrons. The Labute approximate surface area is 114 Å². The van der Waals surface area contributed by atoms with Gasteiger partial charge in [0.25, 0.3) is 0 Å². The van der Waals surface area contributed by atoms with Crippen LogP contribution in [0.25, 0.3) is 0 Å². The average Bonchev–Trinajstić information content (AvgIpc) is 2.24. The summed E-state index contributed by atoms with van der Waals surface area (Å²) in [6.07, 6.45) is -0.131. The zero-order valence-electron chi connectivity index (χ0n) is 11.8. The zero-order valence-corrected chi connectivity index (χ0v) is 12.6. The molecule has 0 unspecified atom stereocenters. The van der Waals surface area contributed by atoms with Crippen LogP contribution in [0.5, 0.6) is 0 Å². The molecular formula is C14H20O4S. The summed E-state index contributed by atoms with van der Waals surface area (Å²) >= 11 is 0. The van der Waals surface area contributed by atoms with Crippen LogP contribution in [0, 0.1) is 6.92 Å². The van der Waals surface area contributed by atoms with Crippen molar-refractivity contribution in [3.05, 3.63) is 29.8 Å². The third-order valence-electron chi connectivity index (χ3n) is 2.42. The number of esters is 1. The molecule has 5 heteroatoms. The molecule has 0 aliphatic carbocycles. The summed E-state index contributed by atoms with van der Waals surface area (Å²) in [7, 11) is -3.44. The van der Waals surface area contributed by atoms with Gasteiger partial charge in [-0.05, 0) is 39.3 Å². The number of carbonyl (C=O) groups is 1. The highest BCUT2D eigenvalue weighted by Gasteiger charge is 2.21. The van der Waals surface area contributed by atoms with Crippen molar-refractivity contribution in [3.63, 3.8) is 0 Å². The molecule has 0 bridgehead atoms. The molecule has 0 saturated heterocycles. The largest absolute Gasteiger partial charge is 0.460 e. The van der Waals surface area contributed by atoms with Gasteiger partial charge in [-0.2, -0.15) is 0 Å². The number of ether oxygens (including phenoxy) is 1. The van der Waals surface area contributed by atoms with E-state index in [1.54, 1.807) is 52.0 Å². The van der Waals surface area contributed by atoms with E-state index in [0.717, 1.165) is 0 Å². The van der Waals surface area contributed by atoms with Crippen LogP contribution in [-0.2, 0) is 19.4 Å². The van der Waals surface area contributed by atoms with Crippen molar-refractivity contribution >= 4 is 15.8 Å². The lowest BCUT2D eigenvalue weighted by molar-refractivity contribution is -0.154. The van der Waals surface area contributed by atoms with Crippen LogP contribution in [0.2, 0.25) is 0 Å². The van der Waals surface area contributed by atoms with Gasteiger partial charge in [0.1, 0.15) is 5.60 Å². The Morgan fingerprint density at radius 1 is 1.21 bits per heavy atom. The van der Waals surface area contributed by atoms with E-state index in [2.05, 4.69) is 0 Å². The lowest BCUT2D eigenvalue weighted by Crippen LogP contribution is -2.25. The first kappa shape index (κ1) is 15.7. The molecule has 4 nitrogen and oxygen atoms in total.